The summed E-state index contributed by atoms with van der Waals surface area (Å²) in [6.45, 7) is 1.99. The van der Waals surface area contributed by atoms with Crippen LogP contribution < -0.4 is 0 Å². The van der Waals surface area contributed by atoms with Gasteiger partial charge in [0.25, 0.3) is 0 Å². The molecular formula is C11H11NO2. The minimum Gasteiger partial charge on any atom is -0.481 e. The Hall–Kier alpha value is -1.77. The number of aromatic nitrogens is 1. The number of carboxylic acid groups (broad SMARTS) is 1. The summed E-state index contributed by atoms with van der Waals surface area (Å²) in [5, 5.41) is 9.82. The number of aliphatic carboxylic acids is 1. The lowest BCUT2D eigenvalue weighted by molar-refractivity contribution is -0.136. The van der Waals surface area contributed by atoms with Crippen LogP contribution in [0.25, 0.3) is 10.9 Å². The van der Waals surface area contributed by atoms with Gasteiger partial charge in [-0.15, -0.1) is 0 Å². The summed E-state index contributed by atoms with van der Waals surface area (Å²) >= 11 is 0. The number of carboxylic acids is 1. The van der Waals surface area contributed by atoms with Gasteiger partial charge in [0.05, 0.1) is 6.42 Å². The largest absolute Gasteiger partial charge is 0.481 e. The smallest absolute Gasteiger partial charge is 0.307 e. The maximum absolute atomic E-state index is 10.5. The van der Waals surface area contributed by atoms with E-state index in [0.717, 1.165) is 22.0 Å². The number of fused-ring (bicyclic) bond motifs is 1. The van der Waals surface area contributed by atoms with Crippen LogP contribution in [0.3, 0.4) is 0 Å². The van der Waals surface area contributed by atoms with Crippen LogP contribution in [0.2, 0.25) is 0 Å². The predicted octanol–water partition coefficient (Wildman–Crippen LogP) is 2.10. The van der Waals surface area contributed by atoms with Crippen molar-refractivity contribution in [1.29, 1.82) is 0 Å². The molecule has 2 N–H and O–H groups in total. The van der Waals surface area contributed by atoms with Crippen molar-refractivity contribution < 1.29 is 9.90 Å². The fourth-order valence-electron chi connectivity index (χ4n) is 1.71. The van der Waals surface area contributed by atoms with E-state index in [1.54, 1.807) is 0 Å². The lowest BCUT2D eigenvalue weighted by atomic mass is 10.1. The highest BCUT2D eigenvalue weighted by Crippen LogP contribution is 2.19. The summed E-state index contributed by atoms with van der Waals surface area (Å²) in [4.78, 5) is 13.6. The summed E-state index contributed by atoms with van der Waals surface area (Å²) in [6, 6.07) is 5.80. The molecule has 0 unspecified atom stereocenters. The second kappa shape index (κ2) is 3.18. The molecule has 0 fully saturated rings. The third kappa shape index (κ3) is 1.48. The van der Waals surface area contributed by atoms with E-state index in [0.29, 0.717) is 0 Å². The summed E-state index contributed by atoms with van der Waals surface area (Å²) in [5.41, 5.74) is 2.95. The van der Waals surface area contributed by atoms with Crippen molar-refractivity contribution in [3.63, 3.8) is 0 Å². The molecule has 0 amide bonds. The van der Waals surface area contributed by atoms with E-state index in [9.17, 15) is 4.79 Å². The maximum Gasteiger partial charge on any atom is 0.307 e. The third-order valence-electron chi connectivity index (χ3n) is 2.29. The van der Waals surface area contributed by atoms with Crippen LogP contribution in [0.5, 0.6) is 0 Å². The van der Waals surface area contributed by atoms with Crippen molar-refractivity contribution in [3.8, 4) is 0 Å². The van der Waals surface area contributed by atoms with Crippen molar-refractivity contribution in [3.05, 3.63) is 35.5 Å². The molecule has 0 bridgehead atoms. The molecule has 0 aliphatic carbocycles. The van der Waals surface area contributed by atoms with Crippen LogP contribution in [-0.2, 0) is 11.2 Å². The second-order valence-corrected chi connectivity index (χ2v) is 3.42. The van der Waals surface area contributed by atoms with Crippen LogP contribution in [0.15, 0.2) is 24.4 Å². The number of carbonyl (C=O) groups is 1. The zero-order chi connectivity index (χ0) is 10.1. The molecule has 2 aromatic rings. The molecular weight excluding hydrogens is 178 g/mol. The Kier molecular flexibility index (Phi) is 2.00. The molecule has 0 radical (unpaired) electrons. The number of benzene rings is 1. The van der Waals surface area contributed by atoms with E-state index < -0.39 is 5.97 Å². The first kappa shape index (κ1) is 8.81. The van der Waals surface area contributed by atoms with Crippen molar-refractivity contribution in [1.82, 2.24) is 4.98 Å². The van der Waals surface area contributed by atoms with Crippen LogP contribution in [-0.4, -0.2) is 16.1 Å². The van der Waals surface area contributed by atoms with E-state index in [1.807, 2.05) is 31.3 Å². The molecule has 0 spiro atoms. The van der Waals surface area contributed by atoms with E-state index in [4.69, 9.17) is 5.11 Å². The Labute approximate surface area is 81.4 Å². The highest BCUT2D eigenvalue weighted by molar-refractivity contribution is 5.84. The van der Waals surface area contributed by atoms with Gasteiger partial charge in [-0.3, -0.25) is 4.79 Å². The highest BCUT2D eigenvalue weighted by Gasteiger charge is 2.04. The van der Waals surface area contributed by atoms with Crippen LogP contribution in [0, 0.1) is 6.92 Å². The highest BCUT2D eigenvalue weighted by atomic mass is 16.4. The average Bonchev–Trinajstić information content (AvgIpc) is 2.50. The van der Waals surface area contributed by atoms with Gasteiger partial charge in [-0.1, -0.05) is 6.07 Å². The van der Waals surface area contributed by atoms with E-state index in [2.05, 4.69) is 4.98 Å². The monoisotopic (exact) mass is 189 g/mol. The summed E-state index contributed by atoms with van der Waals surface area (Å²) in [6.07, 6.45) is 1.94. The summed E-state index contributed by atoms with van der Waals surface area (Å²) in [5.74, 6) is -0.796. The molecule has 0 aliphatic rings. The van der Waals surface area contributed by atoms with Gasteiger partial charge in [0.15, 0.2) is 0 Å². The van der Waals surface area contributed by atoms with Crippen molar-refractivity contribution in [2.24, 2.45) is 0 Å². The molecule has 1 aromatic carbocycles. The van der Waals surface area contributed by atoms with Crippen molar-refractivity contribution in [2.75, 3.05) is 0 Å². The summed E-state index contributed by atoms with van der Waals surface area (Å²) in [7, 11) is 0. The van der Waals surface area contributed by atoms with Gasteiger partial charge in [-0.05, 0) is 30.2 Å². The zero-order valence-corrected chi connectivity index (χ0v) is 7.87. The normalized spacial score (nSPS) is 10.6. The molecule has 1 aromatic heterocycles. The Morgan fingerprint density at radius 3 is 3.00 bits per heavy atom. The minimum atomic E-state index is -0.796. The fraction of sp³-hybridized carbons (Fsp3) is 0.182. The minimum absolute atomic E-state index is 0.0792. The molecule has 14 heavy (non-hydrogen) atoms. The topological polar surface area (TPSA) is 53.1 Å². The predicted molar refractivity (Wildman–Crippen MR) is 54.4 cm³/mol. The molecule has 2 rings (SSSR count). The second-order valence-electron chi connectivity index (χ2n) is 3.42. The SMILES string of the molecule is Cc1cc(CC(=O)O)cc2[nH]ccc12. The number of H-pyrrole nitrogens is 1. The van der Waals surface area contributed by atoms with Gasteiger partial charge in [-0.25, -0.2) is 0 Å². The van der Waals surface area contributed by atoms with Crippen LogP contribution >= 0.6 is 0 Å². The molecule has 0 atom stereocenters. The number of aromatic amines is 1. The average molecular weight is 189 g/mol. The first-order valence-corrected chi connectivity index (χ1v) is 4.45. The Balaban J connectivity index is 2.53. The van der Waals surface area contributed by atoms with Crippen LogP contribution in [0.4, 0.5) is 0 Å². The number of nitrogens with one attached hydrogen (secondary N) is 1. The van der Waals surface area contributed by atoms with E-state index in [-0.39, 0.29) is 6.42 Å². The van der Waals surface area contributed by atoms with Gasteiger partial charge in [-0.2, -0.15) is 0 Å². The first-order valence-electron chi connectivity index (χ1n) is 4.45. The fourth-order valence-corrected chi connectivity index (χ4v) is 1.71. The molecule has 1 heterocycles. The molecule has 0 saturated carbocycles. The molecule has 3 nitrogen and oxygen atoms in total. The number of aryl methyl sites for hydroxylation is 1. The number of hydrogen-bond acceptors (Lipinski definition) is 1. The Bertz CT molecular complexity index is 485. The number of rotatable bonds is 2. The first-order chi connectivity index (χ1) is 6.66. The Morgan fingerprint density at radius 2 is 2.29 bits per heavy atom. The molecule has 3 heteroatoms. The van der Waals surface area contributed by atoms with Crippen molar-refractivity contribution >= 4 is 16.9 Å². The van der Waals surface area contributed by atoms with Gasteiger partial charge >= 0.3 is 5.97 Å². The quantitative estimate of drug-likeness (QED) is 0.760. The Morgan fingerprint density at radius 1 is 1.50 bits per heavy atom. The molecule has 0 aliphatic heterocycles. The van der Waals surface area contributed by atoms with Gasteiger partial charge in [0.1, 0.15) is 0 Å². The lowest BCUT2D eigenvalue weighted by Crippen LogP contribution is -2.00. The number of hydrogen-bond donors (Lipinski definition) is 2. The van der Waals surface area contributed by atoms with E-state index >= 15 is 0 Å². The van der Waals surface area contributed by atoms with E-state index in [1.165, 1.54) is 0 Å². The summed E-state index contributed by atoms with van der Waals surface area (Å²) < 4.78 is 0. The van der Waals surface area contributed by atoms with Gasteiger partial charge < -0.3 is 10.1 Å². The lowest BCUT2D eigenvalue weighted by Gasteiger charge is -2.01. The van der Waals surface area contributed by atoms with Gasteiger partial charge in [0, 0.05) is 17.1 Å². The zero-order valence-electron chi connectivity index (χ0n) is 7.87. The van der Waals surface area contributed by atoms with Crippen LogP contribution in [0.1, 0.15) is 11.1 Å². The molecule has 0 saturated heterocycles. The van der Waals surface area contributed by atoms with Crippen molar-refractivity contribution in [2.45, 2.75) is 13.3 Å². The molecule has 72 valence electrons. The third-order valence-corrected chi connectivity index (χ3v) is 2.29. The maximum atomic E-state index is 10.5. The van der Waals surface area contributed by atoms with Gasteiger partial charge in [0.2, 0.25) is 0 Å². The standard InChI is InChI=1S/C11H11NO2/c1-7-4-8(6-11(13)14)5-10-9(7)2-3-12-10/h2-5,12H,6H2,1H3,(H,13,14).